The number of hydrogen-bond donors (Lipinski definition) is 0. The molecule has 1 aliphatic carbocycles. The Morgan fingerprint density at radius 1 is 1.53 bits per heavy atom. The molecular weight excluding hydrogens is 192 g/mol. The molecule has 0 aromatic rings. The molecule has 0 aromatic heterocycles. The smallest absolute Gasteiger partial charge is 0.320 e. The van der Waals surface area contributed by atoms with Gasteiger partial charge in [-0.1, -0.05) is 18.9 Å². The van der Waals surface area contributed by atoms with Crippen LogP contribution in [-0.2, 0) is 14.3 Å². The molecule has 0 fully saturated rings. The summed E-state index contributed by atoms with van der Waals surface area (Å²) in [5.41, 5.74) is 2.05. The minimum Gasteiger partial charge on any atom is -0.468 e. The Kier molecular flexibility index (Phi) is 4.06. The number of carbonyl (C=O) groups is 2. The number of allylic oxidation sites excluding steroid dienone is 1. The highest BCUT2D eigenvalue weighted by atomic mass is 16.5. The second-order valence-electron chi connectivity index (χ2n) is 4.01. The van der Waals surface area contributed by atoms with Crippen molar-refractivity contribution < 1.29 is 14.3 Å². The van der Waals surface area contributed by atoms with E-state index in [-0.39, 0.29) is 5.78 Å². The quantitative estimate of drug-likeness (QED) is 0.406. The average molecular weight is 210 g/mol. The van der Waals surface area contributed by atoms with Gasteiger partial charge in [0.25, 0.3) is 0 Å². The lowest BCUT2D eigenvalue weighted by molar-refractivity contribution is -0.147. The van der Waals surface area contributed by atoms with E-state index in [4.69, 9.17) is 0 Å². The van der Waals surface area contributed by atoms with Gasteiger partial charge in [-0.05, 0) is 25.3 Å². The predicted molar refractivity (Wildman–Crippen MR) is 57.4 cm³/mol. The van der Waals surface area contributed by atoms with Crippen molar-refractivity contribution in [3.63, 3.8) is 0 Å². The highest BCUT2D eigenvalue weighted by Crippen LogP contribution is 2.33. The van der Waals surface area contributed by atoms with Gasteiger partial charge in [-0.2, -0.15) is 0 Å². The van der Waals surface area contributed by atoms with E-state index in [0.29, 0.717) is 6.42 Å². The van der Waals surface area contributed by atoms with Crippen molar-refractivity contribution in [2.75, 3.05) is 7.11 Å². The largest absolute Gasteiger partial charge is 0.468 e. The van der Waals surface area contributed by atoms with Gasteiger partial charge in [0.1, 0.15) is 5.92 Å². The molecule has 1 unspecified atom stereocenters. The van der Waals surface area contributed by atoms with E-state index in [1.54, 1.807) is 0 Å². The molecule has 0 heterocycles. The highest BCUT2D eigenvalue weighted by Gasteiger charge is 2.36. The van der Waals surface area contributed by atoms with Gasteiger partial charge in [0.05, 0.1) is 7.11 Å². The molecule has 0 aromatic carbocycles. The zero-order valence-electron chi connectivity index (χ0n) is 9.63. The van der Waals surface area contributed by atoms with Crippen LogP contribution in [0.2, 0.25) is 0 Å². The third-order valence-corrected chi connectivity index (χ3v) is 2.89. The Bertz CT molecular complexity index is 302. The van der Waals surface area contributed by atoms with E-state index in [2.05, 4.69) is 11.7 Å². The van der Waals surface area contributed by atoms with Crippen molar-refractivity contribution in [1.82, 2.24) is 0 Å². The molecule has 15 heavy (non-hydrogen) atoms. The van der Waals surface area contributed by atoms with Crippen molar-refractivity contribution >= 4 is 11.8 Å². The number of ketones is 1. The van der Waals surface area contributed by atoms with Crippen molar-refractivity contribution in [3.05, 3.63) is 11.1 Å². The van der Waals surface area contributed by atoms with E-state index in [9.17, 15) is 9.59 Å². The second kappa shape index (κ2) is 5.10. The van der Waals surface area contributed by atoms with Gasteiger partial charge < -0.3 is 4.74 Å². The number of hydrogen-bond acceptors (Lipinski definition) is 3. The molecule has 0 bridgehead atoms. The van der Waals surface area contributed by atoms with Crippen molar-refractivity contribution in [1.29, 1.82) is 0 Å². The van der Waals surface area contributed by atoms with E-state index in [1.165, 1.54) is 7.11 Å². The fourth-order valence-corrected chi connectivity index (χ4v) is 2.03. The number of Topliss-reactive ketones (excluding diaryl/α,β-unsaturated/α-hetero) is 1. The molecule has 0 spiro atoms. The van der Waals surface area contributed by atoms with E-state index >= 15 is 0 Å². The van der Waals surface area contributed by atoms with Crippen LogP contribution in [0, 0.1) is 5.92 Å². The van der Waals surface area contributed by atoms with Crippen LogP contribution >= 0.6 is 0 Å². The number of rotatable bonds is 4. The zero-order chi connectivity index (χ0) is 11.4. The molecule has 84 valence electrons. The number of ether oxygens (including phenoxy) is 1. The number of methoxy groups -OCH3 is 1. The van der Waals surface area contributed by atoms with Crippen LogP contribution in [0.15, 0.2) is 11.1 Å². The number of unbranched alkanes of at least 4 members (excludes halogenated alkanes) is 1. The summed E-state index contributed by atoms with van der Waals surface area (Å²) in [4.78, 5) is 23.1. The second-order valence-corrected chi connectivity index (χ2v) is 4.01. The van der Waals surface area contributed by atoms with Crippen LogP contribution in [0.3, 0.4) is 0 Å². The first-order valence-corrected chi connectivity index (χ1v) is 5.40. The Morgan fingerprint density at radius 2 is 2.20 bits per heavy atom. The first-order valence-electron chi connectivity index (χ1n) is 5.40. The van der Waals surface area contributed by atoms with E-state index < -0.39 is 11.9 Å². The summed E-state index contributed by atoms with van der Waals surface area (Å²) in [7, 11) is 1.33. The third kappa shape index (κ3) is 2.46. The predicted octanol–water partition coefficient (Wildman–Crippen LogP) is 2.26. The third-order valence-electron chi connectivity index (χ3n) is 2.89. The molecule has 1 atom stereocenters. The normalized spacial score (nSPS) is 21.0. The molecule has 0 saturated heterocycles. The maximum absolute atomic E-state index is 11.6. The molecule has 0 saturated carbocycles. The van der Waals surface area contributed by atoms with Gasteiger partial charge in [0.2, 0.25) is 0 Å². The Hall–Kier alpha value is -1.12. The Labute approximate surface area is 90.5 Å². The minimum absolute atomic E-state index is 0.00884. The standard InChI is InChI=1S/C12H18O3/c1-4-5-6-9-8(2)7-10(13)11(9)12(14)15-3/h11H,4-7H2,1-3H3. The van der Waals surface area contributed by atoms with Gasteiger partial charge in [0.15, 0.2) is 5.78 Å². The molecular formula is C12H18O3. The minimum atomic E-state index is -0.610. The molecule has 1 rings (SSSR count). The van der Waals surface area contributed by atoms with Gasteiger partial charge in [0, 0.05) is 6.42 Å². The van der Waals surface area contributed by atoms with E-state index in [0.717, 1.165) is 30.4 Å². The first kappa shape index (κ1) is 12.0. The van der Waals surface area contributed by atoms with E-state index in [1.807, 2.05) is 6.92 Å². The molecule has 3 nitrogen and oxygen atoms in total. The maximum Gasteiger partial charge on any atom is 0.320 e. The average Bonchev–Trinajstić information content (AvgIpc) is 2.49. The van der Waals surface area contributed by atoms with Crippen molar-refractivity contribution in [2.24, 2.45) is 5.92 Å². The summed E-state index contributed by atoms with van der Waals surface area (Å²) in [5, 5.41) is 0. The number of esters is 1. The summed E-state index contributed by atoms with van der Waals surface area (Å²) < 4.78 is 4.67. The van der Waals surface area contributed by atoms with Gasteiger partial charge in [-0.15, -0.1) is 0 Å². The van der Waals surface area contributed by atoms with Crippen LogP contribution < -0.4 is 0 Å². The Balaban J connectivity index is 2.82. The van der Waals surface area contributed by atoms with Crippen LogP contribution in [0.4, 0.5) is 0 Å². The molecule has 0 aliphatic heterocycles. The SMILES string of the molecule is CCCCC1=C(C)CC(=O)C1C(=O)OC. The van der Waals surface area contributed by atoms with Crippen LogP contribution in [0.5, 0.6) is 0 Å². The molecule has 3 heteroatoms. The summed E-state index contributed by atoms with van der Waals surface area (Å²) >= 11 is 0. The molecule has 1 aliphatic rings. The summed E-state index contributed by atoms with van der Waals surface area (Å²) in [6.07, 6.45) is 3.35. The number of carbonyl (C=O) groups excluding carboxylic acids is 2. The molecule has 0 amide bonds. The topological polar surface area (TPSA) is 43.4 Å². The maximum atomic E-state index is 11.6. The van der Waals surface area contributed by atoms with Gasteiger partial charge in [-0.25, -0.2) is 0 Å². The fraction of sp³-hybridized carbons (Fsp3) is 0.667. The van der Waals surface area contributed by atoms with Gasteiger partial charge >= 0.3 is 5.97 Å². The molecule has 0 radical (unpaired) electrons. The van der Waals surface area contributed by atoms with Crippen molar-refractivity contribution in [3.8, 4) is 0 Å². The summed E-state index contributed by atoms with van der Waals surface area (Å²) in [6, 6.07) is 0. The van der Waals surface area contributed by atoms with Crippen molar-refractivity contribution in [2.45, 2.75) is 39.5 Å². The fourth-order valence-electron chi connectivity index (χ4n) is 2.03. The lowest BCUT2D eigenvalue weighted by atomic mass is 9.95. The van der Waals surface area contributed by atoms with Crippen LogP contribution in [0.25, 0.3) is 0 Å². The summed E-state index contributed by atoms with van der Waals surface area (Å²) in [5.74, 6) is -1.02. The monoisotopic (exact) mass is 210 g/mol. The Morgan fingerprint density at radius 3 is 2.73 bits per heavy atom. The van der Waals surface area contributed by atoms with Crippen LogP contribution in [0.1, 0.15) is 39.5 Å². The lowest BCUT2D eigenvalue weighted by Gasteiger charge is -2.11. The highest BCUT2D eigenvalue weighted by molar-refractivity contribution is 6.05. The zero-order valence-corrected chi connectivity index (χ0v) is 9.63. The van der Waals surface area contributed by atoms with Crippen LogP contribution in [-0.4, -0.2) is 18.9 Å². The molecule has 0 N–H and O–H groups in total. The summed E-state index contributed by atoms with van der Waals surface area (Å²) in [6.45, 7) is 4.03. The van der Waals surface area contributed by atoms with Gasteiger partial charge in [-0.3, -0.25) is 9.59 Å². The first-order chi connectivity index (χ1) is 7.11. The lowest BCUT2D eigenvalue weighted by Crippen LogP contribution is -2.23.